The Kier molecular flexibility index (Phi) is 6.17. The Hall–Kier alpha value is -5.05. The Labute approximate surface area is 255 Å². The minimum atomic E-state index is 1.04. The summed E-state index contributed by atoms with van der Waals surface area (Å²) in [5.74, 6) is 0. The van der Waals surface area contributed by atoms with Crippen molar-refractivity contribution in [3.05, 3.63) is 144 Å². The smallest absolute Gasteiger partial charge is 0.0802 e. The van der Waals surface area contributed by atoms with Crippen molar-refractivity contribution >= 4 is 59.9 Å². The number of para-hydroxylation sites is 1. The van der Waals surface area contributed by atoms with Crippen molar-refractivity contribution in [3.8, 4) is 33.5 Å². The molecular formula is C41H29NS. The molecule has 0 atom stereocenters. The number of fused-ring (bicyclic) bond motifs is 5. The fourth-order valence-electron chi connectivity index (χ4n) is 6.29. The van der Waals surface area contributed by atoms with E-state index in [-0.39, 0.29) is 0 Å². The molecule has 0 radical (unpaired) electrons. The average Bonchev–Trinajstić information content (AvgIpc) is 3.39. The predicted octanol–water partition coefficient (Wildman–Crippen LogP) is 12.1. The molecule has 0 aliphatic carbocycles. The van der Waals surface area contributed by atoms with E-state index in [1.807, 2.05) is 11.3 Å². The third kappa shape index (κ3) is 4.43. The zero-order valence-electron chi connectivity index (χ0n) is 24.1. The Bertz CT molecular complexity index is 2360. The molecular weight excluding hydrogens is 539 g/mol. The maximum atomic E-state index is 5.20. The van der Waals surface area contributed by atoms with Gasteiger partial charge in [0, 0.05) is 25.9 Å². The molecule has 0 spiro atoms. The maximum absolute atomic E-state index is 5.20. The highest BCUT2D eigenvalue weighted by atomic mass is 32.1. The van der Waals surface area contributed by atoms with Crippen molar-refractivity contribution in [1.82, 2.24) is 4.98 Å². The number of pyridine rings is 1. The van der Waals surface area contributed by atoms with E-state index in [9.17, 15) is 0 Å². The van der Waals surface area contributed by atoms with Gasteiger partial charge in [-0.15, -0.1) is 11.3 Å². The number of aryl methyl sites for hydroxylation is 1. The second-order valence-electron chi connectivity index (χ2n) is 11.2. The zero-order valence-corrected chi connectivity index (χ0v) is 25.0. The molecule has 204 valence electrons. The van der Waals surface area contributed by atoms with E-state index < -0.39 is 0 Å². The fourth-order valence-corrected chi connectivity index (χ4v) is 7.47. The van der Waals surface area contributed by atoms with Gasteiger partial charge in [-0.25, -0.2) is 4.98 Å². The second kappa shape index (κ2) is 10.3. The first-order chi connectivity index (χ1) is 21.2. The topological polar surface area (TPSA) is 12.9 Å². The van der Waals surface area contributed by atoms with Crippen LogP contribution in [0.15, 0.2) is 133 Å². The van der Waals surface area contributed by atoms with E-state index in [4.69, 9.17) is 4.98 Å². The summed E-state index contributed by atoms with van der Waals surface area (Å²) in [6.07, 6.45) is 4.35. The second-order valence-corrected chi connectivity index (χ2v) is 12.4. The lowest BCUT2D eigenvalue weighted by molar-refractivity contribution is 1.43. The summed E-state index contributed by atoms with van der Waals surface area (Å²) in [6, 6.07) is 46.2. The van der Waals surface area contributed by atoms with Crippen molar-refractivity contribution in [2.24, 2.45) is 0 Å². The Morgan fingerprint density at radius 2 is 1.09 bits per heavy atom. The van der Waals surface area contributed by atoms with Crippen LogP contribution in [0.2, 0.25) is 0 Å². The lowest BCUT2D eigenvalue weighted by atomic mass is 9.95. The first kappa shape index (κ1) is 25.6. The van der Waals surface area contributed by atoms with Gasteiger partial charge in [0.1, 0.15) is 0 Å². The van der Waals surface area contributed by atoms with Crippen molar-refractivity contribution in [1.29, 1.82) is 0 Å². The first-order valence-electron chi connectivity index (χ1n) is 14.7. The van der Waals surface area contributed by atoms with Crippen LogP contribution in [0.1, 0.15) is 17.4 Å². The molecule has 2 aromatic heterocycles. The first-order valence-corrected chi connectivity index (χ1v) is 15.6. The molecule has 0 amide bonds. The highest BCUT2D eigenvalue weighted by molar-refractivity contribution is 7.20. The Balaban J connectivity index is 1.17. The van der Waals surface area contributed by atoms with E-state index in [0.29, 0.717) is 0 Å². The summed E-state index contributed by atoms with van der Waals surface area (Å²) in [6.45, 7) is 4.30. The molecule has 1 nitrogen and oxygen atoms in total. The van der Waals surface area contributed by atoms with Gasteiger partial charge in [0.2, 0.25) is 0 Å². The normalized spacial score (nSPS) is 11.9. The molecule has 0 saturated carbocycles. The van der Waals surface area contributed by atoms with E-state index in [1.54, 1.807) is 0 Å². The molecule has 2 heteroatoms. The molecule has 0 unspecified atom stereocenters. The van der Waals surface area contributed by atoms with Crippen LogP contribution in [0.3, 0.4) is 0 Å². The molecule has 0 saturated heterocycles. The number of thiophene rings is 1. The number of hydrogen-bond donors (Lipinski definition) is 0. The van der Waals surface area contributed by atoms with Crippen LogP contribution >= 0.6 is 11.3 Å². The van der Waals surface area contributed by atoms with Crippen molar-refractivity contribution in [2.75, 3.05) is 0 Å². The van der Waals surface area contributed by atoms with Gasteiger partial charge in [-0.3, -0.25) is 0 Å². The minimum absolute atomic E-state index is 1.04. The van der Waals surface area contributed by atoms with Crippen LogP contribution in [0.4, 0.5) is 0 Å². The number of rotatable bonds is 4. The molecule has 0 bridgehead atoms. The largest absolute Gasteiger partial charge is 0.247 e. The van der Waals surface area contributed by atoms with Crippen LogP contribution < -0.4 is 0 Å². The lowest BCUT2D eigenvalue weighted by Gasteiger charge is -2.10. The monoisotopic (exact) mass is 567 g/mol. The summed E-state index contributed by atoms with van der Waals surface area (Å²) >= 11 is 1.87. The third-order valence-electron chi connectivity index (χ3n) is 8.50. The van der Waals surface area contributed by atoms with Gasteiger partial charge >= 0.3 is 0 Å². The van der Waals surface area contributed by atoms with Gasteiger partial charge in [0.05, 0.1) is 11.2 Å². The van der Waals surface area contributed by atoms with Crippen LogP contribution in [0.25, 0.3) is 82.1 Å². The van der Waals surface area contributed by atoms with Crippen LogP contribution in [0, 0.1) is 6.92 Å². The minimum Gasteiger partial charge on any atom is -0.247 e. The van der Waals surface area contributed by atoms with Gasteiger partial charge in [-0.05, 0) is 87.5 Å². The Morgan fingerprint density at radius 1 is 0.558 bits per heavy atom. The highest BCUT2D eigenvalue weighted by Crippen LogP contribution is 2.42. The molecule has 8 aromatic rings. The van der Waals surface area contributed by atoms with Gasteiger partial charge in [-0.2, -0.15) is 0 Å². The summed E-state index contributed by atoms with van der Waals surface area (Å²) in [4.78, 5) is 6.52. The van der Waals surface area contributed by atoms with Gasteiger partial charge in [0.25, 0.3) is 0 Å². The van der Waals surface area contributed by atoms with Crippen molar-refractivity contribution in [2.45, 2.75) is 13.8 Å². The van der Waals surface area contributed by atoms with Gasteiger partial charge in [0.15, 0.2) is 0 Å². The number of aromatic nitrogens is 1. The van der Waals surface area contributed by atoms with Gasteiger partial charge in [-0.1, -0.05) is 115 Å². The predicted molar refractivity (Wildman–Crippen MR) is 188 cm³/mol. The average molecular weight is 568 g/mol. The van der Waals surface area contributed by atoms with E-state index in [2.05, 4.69) is 153 Å². The highest BCUT2D eigenvalue weighted by Gasteiger charge is 2.17. The Morgan fingerprint density at radius 3 is 1.79 bits per heavy atom. The molecule has 0 aliphatic rings. The van der Waals surface area contributed by atoms with Crippen molar-refractivity contribution < 1.29 is 0 Å². The fraction of sp³-hybridized carbons (Fsp3) is 0.0488. The standard InChI is InChI=1S/C41H29NS/c1-3-8-36-26(2)43-41-37-11-6-7-12-38(37)42-40(39(36)41)29-16-13-28(14-17-29)31-19-20-34-25-35(22-21-33(34)24-31)32-18-15-27-9-4-5-10-30(27)23-32/h3-25H,1-2H3/b8-3-. The lowest BCUT2D eigenvalue weighted by Crippen LogP contribution is -1.89. The SMILES string of the molecule is C/C=C\c1c(C)sc2c1c(-c1ccc(-c3ccc4cc(-c5ccc6ccccc6c5)ccc4c3)cc1)nc1ccccc12. The number of hydrogen-bond acceptors (Lipinski definition) is 2. The molecule has 8 rings (SSSR count). The van der Waals surface area contributed by atoms with E-state index in [0.717, 1.165) is 16.8 Å². The number of benzene rings is 6. The van der Waals surface area contributed by atoms with Crippen molar-refractivity contribution in [3.63, 3.8) is 0 Å². The van der Waals surface area contributed by atoms with Crippen LogP contribution in [-0.2, 0) is 0 Å². The summed E-state index contributed by atoms with van der Waals surface area (Å²) in [5, 5.41) is 7.51. The van der Waals surface area contributed by atoms with E-state index >= 15 is 0 Å². The van der Waals surface area contributed by atoms with Crippen LogP contribution in [-0.4, -0.2) is 4.98 Å². The zero-order chi connectivity index (χ0) is 28.9. The quantitative estimate of drug-likeness (QED) is 0.206. The summed E-state index contributed by atoms with van der Waals surface area (Å²) < 4.78 is 1.31. The molecule has 0 N–H and O–H groups in total. The molecule has 6 aromatic carbocycles. The summed E-state index contributed by atoms with van der Waals surface area (Å²) in [7, 11) is 0. The molecule has 0 aliphatic heterocycles. The van der Waals surface area contributed by atoms with Gasteiger partial charge < -0.3 is 0 Å². The third-order valence-corrected chi connectivity index (χ3v) is 9.65. The van der Waals surface area contributed by atoms with E-state index in [1.165, 1.54) is 69.7 Å². The molecule has 2 heterocycles. The molecule has 0 fully saturated rings. The van der Waals surface area contributed by atoms with Crippen LogP contribution in [0.5, 0.6) is 0 Å². The number of nitrogens with zero attached hydrogens (tertiary/aromatic N) is 1. The number of allylic oxidation sites excluding steroid dienone is 1. The maximum Gasteiger partial charge on any atom is 0.0802 e. The molecule has 43 heavy (non-hydrogen) atoms. The summed E-state index contributed by atoms with van der Waals surface area (Å²) in [5.41, 5.74) is 9.42.